The molecule has 1 heterocycles. The molecule has 2 atom stereocenters. The molecule has 24 heavy (non-hydrogen) atoms. The number of carbonyl (C=O) groups excluding carboxylic acids is 1. The Hall–Kier alpha value is -1.73. The smallest absolute Gasteiger partial charge is 0.248 e. The van der Waals surface area contributed by atoms with Crippen LogP contribution in [0.15, 0.2) is 33.2 Å². The number of hydrogen-bond acceptors (Lipinski definition) is 5. The van der Waals surface area contributed by atoms with E-state index in [9.17, 15) is 4.79 Å². The van der Waals surface area contributed by atoms with Crippen molar-refractivity contribution in [2.24, 2.45) is 5.92 Å². The summed E-state index contributed by atoms with van der Waals surface area (Å²) in [5.41, 5.74) is 0.872. The molecular weight excluding hydrogens is 372 g/mol. The third-order valence-electron chi connectivity index (χ3n) is 4.44. The lowest BCUT2D eigenvalue weighted by Gasteiger charge is -2.30. The zero-order valence-corrected chi connectivity index (χ0v) is 15.2. The summed E-state index contributed by atoms with van der Waals surface area (Å²) in [7, 11) is 1.69. The second-order valence-corrected chi connectivity index (χ2v) is 6.83. The molecule has 0 bridgehead atoms. The van der Waals surface area contributed by atoms with Gasteiger partial charge in [-0.3, -0.25) is 4.79 Å². The second-order valence-electron chi connectivity index (χ2n) is 5.97. The van der Waals surface area contributed by atoms with E-state index in [1.807, 2.05) is 24.3 Å². The standard InChI is InChI=1S/C17H21BrN4O2/c1-19-16(23)12-7-3-5-9-14(12)20-10-15-21-22-17(24-15)11-6-2-4-8-13(11)18/h2,4,6,8,12,14,20H,3,5,7,9-10H2,1H3,(H,19,23)/t12-,14+/m1/s1. The van der Waals surface area contributed by atoms with E-state index in [4.69, 9.17) is 4.42 Å². The van der Waals surface area contributed by atoms with Crippen LogP contribution in [0.1, 0.15) is 31.6 Å². The minimum Gasteiger partial charge on any atom is -0.419 e. The van der Waals surface area contributed by atoms with Gasteiger partial charge in [-0.25, -0.2) is 0 Å². The van der Waals surface area contributed by atoms with E-state index in [0.29, 0.717) is 18.3 Å². The Balaban J connectivity index is 1.65. The van der Waals surface area contributed by atoms with Gasteiger partial charge in [0.05, 0.1) is 18.0 Å². The number of carbonyl (C=O) groups is 1. The van der Waals surface area contributed by atoms with Crippen molar-refractivity contribution in [3.8, 4) is 11.5 Å². The molecule has 7 heteroatoms. The Morgan fingerprint density at radius 3 is 2.88 bits per heavy atom. The van der Waals surface area contributed by atoms with Crippen molar-refractivity contribution in [2.75, 3.05) is 7.05 Å². The summed E-state index contributed by atoms with van der Waals surface area (Å²) in [6, 6.07) is 7.88. The molecule has 1 aromatic carbocycles. The first kappa shape index (κ1) is 17.1. The van der Waals surface area contributed by atoms with Crippen LogP contribution in [-0.2, 0) is 11.3 Å². The maximum Gasteiger partial charge on any atom is 0.248 e. The molecule has 1 aromatic heterocycles. The van der Waals surface area contributed by atoms with Gasteiger partial charge in [-0.1, -0.05) is 25.0 Å². The summed E-state index contributed by atoms with van der Waals surface area (Å²) >= 11 is 3.49. The third-order valence-corrected chi connectivity index (χ3v) is 5.13. The molecule has 1 fully saturated rings. The first-order valence-electron chi connectivity index (χ1n) is 8.21. The summed E-state index contributed by atoms with van der Waals surface area (Å²) in [6.45, 7) is 0.468. The summed E-state index contributed by atoms with van der Waals surface area (Å²) in [6.07, 6.45) is 4.15. The number of rotatable bonds is 5. The van der Waals surface area contributed by atoms with Gasteiger partial charge in [-0.2, -0.15) is 0 Å². The maximum atomic E-state index is 12.0. The number of halogens is 1. The van der Waals surface area contributed by atoms with Crippen molar-refractivity contribution in [3.05, 3.63) is 34.6 Å². The molecule has 0 saturated heterocycles. The van der Waals surface area contributed by atoms with Crippen molar-refractivity contribution in [3.63, 3.8) is 0 Å². The minimum atomic E-state index is 0.00871. The number of hydrogen-bond donors (Lipinski definition) is 2. The van der Waals surface area contributed by atoms with Crippen LogP contribution in [0.4, 0.5) is 0 Å². The average molecular weight is 393 g/mol. The van der Waals surface area contributed by atoms with Crippen LogP contribution < -0.4 is 10.6 Å². The monoisotopic (exact) mass is 392 g/mol. The summed E-state index contributed by atoms with van der Waals surface area (Å²) in [5.74, 6) is 1.13. The van der Waals surface area contributed by atoms with Gasteiger partial charge in [0.25, 0.3) is 0 Å². The molecule has 0 aliphatic heterocycles. The second kappa shape index (κ2) is 7.90. The van der Waals surface area contributed by atoms with Gasteiger partial charge in [0.15, 0.2) is 0 Å². The quantitative estimate of drug-likeness (QED) is 0.817. The van der Waals surface area contributed by atoms with E-state index < -0.39 is 0 Å². The van der Waals surface area contributed by atoms with Crippen LogP contribution in [-0.4, -0.2) is 29.2 Å². The van der Waals surface area contributed by atoms with Crippen LogP contribution in [0, 0.1) is 5.92 Å². The molecular formula is C17H21BrN4O2. The molecule has 128 valence electrons. The van der Waals surface area contributed by atoms with Crippen molar-refractivity contribution in [2.45, 2.75) is 38.3 Å². The summed E-state index contributed by atoms with van der Waals surface area (Å²) in [4.78, 5) is 12.0. The number of amides is 1. The van der Waals surface area contributed by atoms with Gasteiger partial charge >= 0.3 is 0 Å². The highest BCUT2D eigenvalue weighted by molar-refractivity contribution is 9.10. The fourth-order valence-electron chi connectivity index (χ4n) is 3.16. The van der Waals surface area contributed by atoms with E-state index in [0.717, 1.165) is 35.7 Å². The zero-order chi connectivity index (χ0) is 16.9. The molecule has 3 rings (SSSR count). The maximum absolute atomic E-state index is 12.0. The Labute approximate surface area is 149 Å². The van der Waals surface area contributed by atoms with Crippen LogP contribution >= 0.6 is 15.9 Å². The lowest BCUT2D eigenvalue weighted by molar-refractivity contribution is -0.126. The lowest BCUT2D eigenvalue weighted by Crippen LogP contribution is -2.45. The van der Waals surface area contributed by atoms with E-state index in [2.05, 4.69) is 36.8 Å². The largest absolute Gasteiger partial charge is 0.419 e. The highest BCUT2D eigenvalue weighted by Gasteiger charge is 2.30. The number of benzene rings is 1. The fourth-order valence-corrected chi connectivity index (χ4v) is 3.62. The van der Waals surface area contributed by atoms with Gasteiger partial charge in [0, 0.05) is 17.6 Å². The first-order chi connectivity index (χ1) is 11.7. The molecule has 0 radical (unpaired) electrons. The summed E-state index contributed by atoms with van der Waals surface area (Å²) < 4.78 is 6.67. The normalized spacial score (nSPS) is 20.8. The molecule has 0 unspecified atom stereocenters. The zero-order valence-electron chi connectivity index (χ0n) is 13.6. The molecule has 1 saturated carbocycles. The Kier molecular flexibility index (Phi) is 5.63. The van der Waals surface area contributed by atoms with Crippen molar-refractivity contribution in [1.29, 1.82) is 0 Å². The van der Waals surface area contributed by atoms with Gasteiger partial charge in [-0.05, 0) is 40.9 Å². The van der Waals surface area contributed by atoms with Crippen LogP contribution in [0.3, 0.4) is 0 Å². The predicted molar refractivity (Wildman–Crippen MR) is 94.1 cm³/mol. The minimum absolute atomic E-state index is 0.00871. The fraction of sp³-hybridized carbons (Fsp3) is 0.471. The molecule has 1 aliphatic carbocycles. The van der Waals surface area contributed by atoms with E-state index in [-0.39, 0.29) is 17.9 Å². The number of aromatic nitrogens is 2. The molecule has 2 aromatic rings. The topological polar surface area (TPSA) is 80.0 Å². The van der Waals surface area contributed by atoms with Crippen LogP contribution in [0.25, 0.3) is 11.5 Å². The third kappa shape index (κ3) is 3.84. The van der Waals surface area contributed by atoms with Crippen LogP contribution in [0.2, 0.25) is 0 Å². The molecule has 2 N–H and O–H groups in total. The van der Waals surface area contributed by atoms with Crippen molar-refractivity contribution in [1.82, 2.24) is 20.8 Å². The molecule has 1 amide bonds. The van der Waals surface area contributed by atoms with Gasteiger partial charge in [0.2, 0.25) is 17.7 Å². The predicted octanol–water partition coefficient (Wildman–Crippen LogP) is 2.89. The van der Waals surface area contributed by atoms with Crippen molar-refractivity contribution >= 4 is 21.8 Å². The average Bonchev–Trinajstić information content (AvgIpc) is 3.08. The SMILES string of the molecule is CNC(=O)[C@@H]1CCCC[C@@H]1NCc1nnc(-c2ccccc2Br)o1. The van der Waals surface area contributed by atoms with E-state index >= 15 is 0 Å². The molecule has 0 spiro atoms. The van der Waals surface area contributed by atoms with Crippen LogP contribution in [0.5, 0.6) is 0 Å². The van der Waals surface area contributed by atoms with Crippen molar-refractivity contribution < 1.29 is 9.21 Å². The number of nitrogens with zero attached hydrogens (tertiary/aromatic N) is 2. The van der Waals surface area contributed by atoms with Gasteiger partial charge in [0.1, 0.15) is 0 Å². The Bertz CT molecular complexity index is 703. The van der Waals surface area contributed by atoms with Gasteiger partial charge in [-0.15, -0.1) is 10.2 Å². The Morgan fingerprint density at radius 1 is 1.29 bits per heavy atom. The Morgan fingerprint density at radius 2 is 2.08 bits per heavy atom. The molecule has 6 nitrogen and oxygen atoms in total. The van der Waals surface area contributed by atoms with E-state index in [1.54, 1.807) is 7.05 Å². The summed E-state index contributed by atoms with van der Waals surface area (Å²) in [5, 5.41) is 14.4. The van der Waals surface area contributed by atoms with Gasteiger partial charge < -0.3 is 15.1 Å². The number of nitrogens with one attached hydrogen (secondary N) is 2. The first-order valence-corrected chi connectivity index (χ1v) is 9.00. The lowest BCUT2D eigenvalue weighted by atomic mass is 9.84. The van der Waals surface area contributed by atoms with E-state index in [1.165, 1.54) is 0 Å². The highest BCUT2D eigenvalue weighted by Crippen LogP contribution is 2.27. The molecule has 1 aliphatic rings. The highest BCUT2D eigenvalue weighted by atomic mass is 79.9.